The highest BCUT2D eigenvalue weighted by Crippen LogP contribution is 2.26. The summed E-state index contributed by atoms with van der Waals surface area (Å²) in [6, 6.07) is 13.0. The zero-order valence-corrected chi connectivity index (χ0v) is 12.8. The molecule has 0 saturated carbocycles. The minimum absolute atomic E-state index is 0.157. The normalized spacial score (nSPS) is 10.8. The van der Waals surface area contributed by atoms with Crippen molar-refractivity contribution in [3.63, 3.8) is 0 Å². The number of carbonyl (C=O) groups is 1. The molecular formula is C17H12N4OS. The van der Waals surface area contributed by atoms with Gasteiger partial charge in [-0.25, -0.2) is 4.98 Å². The molecule has 1 aromatic carbocycles. The summed E-state index contributed by atoms with van der Waals surface area (Å²) in [6.07, 6.45) is 7.19. The van der Waals surface area contributed by atoms with E-state index in [1.165, 1.54) is 0 Å². The van der Waals surface area contributed by atoms with Crippen molar-refractivity contribution in [3.05, 3.63) is 72.8 Å². The molecule has 1 N–H and O–H groups in total. The number of aromatic nitrogens is 3. The standard InChI is InChI=1S/C17H12N4OS/c22-16(19-13-4-3-7-18-11-13)12-5-6-14-15(10-12)23-17(20-14)21-8-1-2-9-21/h1-11H,(H,19,22). The van der Waals surface area contributed by atoms with Gasteiger partial charge in [-0.05, 0) is 42.5 Å². The summed E-state index contributed by atoms with van der Waals surface area (Å²) >= 11 is 1.55. The lowest BCUT2D eigenvalue weighted by molar-refractivity contribution is 0.102. The molecule has 112 valence electrons. The first-order valence-electron chi connectivity index (χ1n) is 7.05. The molecule has 0 spiro atoms. The molecule has 0 fully saturated rings. The lowest BCUT2D eigenvalue weighted by atomic mass is 10.2. The number of rotatable bonds is 3. The number of benzene rings is 1. The van der Waals surface area contributed by atoms with Crippen molar-refractivity contribution in [3.8, 4) is 5.13 Å². The van der Waals surface area contributed by atoms with E-state index in [4.69, 9.17) is 0 Å². The molecule has 0 saturated heterocycles. The maximum absolute atomic E-state index is 12.3. The maximum atomic E-state index is 12.3. The van der Waals surface area contributed by atoms with Crippen LogP contribution in [0.3, 0.4) is 0 Å². The highest BCUT2D eigenvalue weighted by molar-refractivity contribution is 7.20. The van der Waals surface area contributed by atoms with Gasteiger partial charge in [0, 0.05) is 24.2 Å². The van der Waals surface area contributed by atoms with E-state index in [1.807, 2.05) is 41.2 Å². The summed E-state index contributed by atoms with van der Waals surface area (Å²) in [5.41, 5.74) is 2.16. The molecule has 4 aromatic rings. The quantitative estimate of drug-likeness (QED) is 0.625. The predicted octanol–water partition coefficient (Wildman–Crippen LogP) is 3.73. The van der Waals surface area contributed by atoms with Crippen LogP contribution < -0.4 is 5.32 Å². The van der Waals surface area contributed by atoms with Gasteiger partial charge in [0.25, 0.3) is 5.91 Å². The van der Waals surface area contributed by atoms with Crippen molar-refractivity contribution < 1.29 is 4.79 Å². The molecule has 6 heteroatoms. The Bertz CT molecular complexity index is 961. The minimum atomic E-state index is -0.157. The third-order valence-corrected chi connectivity index (χ3v) is 4.42. The van der Waals surface area contributed by atoms with Crippen molar-refractivity contribution in [2.75, 3.05) is 5.32 Å². The first-order valence-corrected chi connectivity index (χ1v) is 7.86. The zero-order valence-electron chi connectivity index (χ0n) is 12.0. The molecule has 5 nitrogen and oxygen atoms in total. The van der Waals surface area contributed by atoms with Gasteiger partial charge in [0.15, 0.2) is 5.13 Å². The van der Waals surface area contributed by atoms with Crippen molar-refractivity contribution >= 4 is 33.1 Å². The van der Waals surface area contributed by atoms with Crippen LogP contribution in [0.4, 0.5) is 5.69 Å². The predicted molar refractivity (Wildman–Crippen MR) is 91.1 cm³/mol. The van der Waals surface area contributed by atoms with Gasteiger partial charge >= 0.3 is 0 Å². The number of pyridine rings is 1. The number of carbonyl (C=O) groups excluding carboxylic acids is 1. The average Bonchev–Trinajstić information content (AvgIpc) is 3.24. The zero-order chi connectivity index (χ0) is 15.6. The largest absolute Gasteiger partial charge is 0.321 e. The molecule has 0 radical (unpaired) electrons. The van der Waals surface area contributed by atoms with Crippen molar-refractivity contribution in [1.82, 2.24) is 14.5 Å². The molecule has 23 heavy (non-hydrogen) atoms. The summed E-state index contributed by atoms with van der Waals surface area (Å²) in [7, 11) is 0. The van der Waals surface area contributed by atoms with Gasteiger partial charge in [-0.1, -0.05) is 11.3 Å². The fourth-order valence-corrected chi connectivity index (χ4v) is 3.24. The van der Waals surface area contributed by atoms with Gasteiger partial charge in [0.05, 0.1) is 22.1 Å². The first-order chi connectivity index (χ1) is 11.3. The molecule has 0 bridgehead atoms. The van der Waals surface area contributed by atoms with Crippen LogP contribution in [-0.2, 0) is 0 Å². The Kier molecular flexibility index (Phi) is 3.36. The summed E-state index contributed by atoms with van der Waals surface area (Å²) in [6.45, 7) is 0. The molecule has 3 aromatic heterocycles. The van der Waals surface area contributed by atoms with Crippen LogP contribution in [0.5, 0.6) is 0 Å². The van der Waals surface area contributed by atoms with Gasteiger partial charge in [0.2, 0.25) is 0 Å². The monoisotopic (exact) mass is 320 g/mol. The van der Waals surface area contributed by atoms with E-state index in [-0.39, 0.29) is 5.91 Å². The SMILES string of the molecule is O=C(Nc1cccnc1)c1ccc2nc(-n3cccc3)sc2c1. The molecule has 0 aliphatic heterocycles. The molecule has 0 atom stereocenters. The molecule has 0 unspecified atom stereocenters. The third-order valence-electron chi connectivity index (χ3n) is 3.38. The number of nitrogens with zero attached hydrogens (tertiary/aromatic N) is 3. The lowest BCUT2D eigenvalue weighted by Gasteiger charge is -2.04. The van der Waals surface area contributed by atoms with Gasteiger partial charge < -0.3 is 9.88 Å². The number of anilines is 1. The van der Waals surface area contributed by atoms with E-state index in [1.54, 1.807) is 41.9 Å². The number of hydrogen-bond acceptors (Lipinski definition) is 4. The Hall–Kier alpha value is -2.99. The lowest BCUT2D eigenvalue weighted by Crippen LogP contribution is -2.11. The van der Waals surface area contributed by atoms with E-state index in [0.29, 0.717) is 11.3 Å². The van der Waals surface area contributed by atoms with E-state index in [2.05, 4.69) is 15.3 Å². The highest BCUT2D eigenvalue weighted by Gasteiger charge is 2.10. The summed E-state index contributed by atoms with van der Waals surface area (Å²) in [5, 5.41) is 3.72. The number of amides is 1. The van der Waals surface area contributed by atoms with E-state index >= 15 is 0 Å². The molecule has 1 amide bonds. The molecule has 0 aliphatic rings. The smallest absolute Gasteiger partial charge is 0.255 e. The second-order valence-electron chi connectivity index (χ2n) is 4.97. The Labute approximate surface area is 136 Å². The topological polar surface area (TPSA) is 59.8 Å². The third kappa shape index (κ3) is 2.72. The van der Waals surface area contributed by atoms with Crippen LogP contribution in [0.25, 0.3) is 15.3 Å². The highest BCUT2D eigenvalue weighted by atomic mass is 32.1. The Balaban J connectivity index is 1.65. The van der Waals surface area contributed by atoms with Crippen LogP contribution in [0.1, 0.15) is 10.4 Å². The van der Waals surface area contributed by atoms with Gasteiger partial charge in [-0.2, -0.15) is 0 Å². The van der Waals surface area contributed by atoms with Crippen LogP contribution in [0, 0.1) is 0 Å². The second kappa shape index (κ2) is 5.66. The van der Waals surface area contributed by atoms with E-state index < -0.39 is 0 Å². The molecule has 3 heterocycles. The number of hydrogen-bond donors (Lipinski definition) is 1. The minimum Gasteiger partial charge on any atom is -0.321 e. The number of nitrogens with one attached hydrogen (secondary N) is 1. The fraction of sp³-hybridized carbons (Fsp3) is 0. The Morgan fingerprint density at radius 1 is 1.13 bits per heavy atom. The Morgan fingerprint density at radius 2 is 2.00 bits per heavy atom. The number of fused-ring (bicyclic) bond motifs is 1. The van der Waals surface area contributed by atoms with E-state index in [0.717, 1.165) is 15.3 Å². The van der Waals surface area contributed by atoms with E-state index in [9.17, 15) is 4.79 Å². The van der Waals surface area contributed by atoms with Gasteiger partial charge in [-0.3, -0.25) is 9.78 Å². The molecule has 0 aliphatic carbocycles. The van der Waals surface area contributed by atoms with Crippen molar-refractivity contribution in [2.45, 2.75) is 0 Å². The second-order valence-corrected chi connectivity index (χ2v) is 5.97. The van der Waals surface area contributed by atoms with Crippen molar-refractivity contribution in [1.29, 1.82) is 0 Å². The van der Waals surface area contributed by atoms with Crippen LogP contribution in [0.2, 0.25) is 0 Å². The average molecular weight is 320 g/mol. The van der Waals surface area contributed by atoms with Crippen molar-refractivity contribution in [2.24, 2.45) is 0 Å². The summed E-state index contributed by atoms with van der Waals surface area (Å²) < 4.78 is 2.94. The van der Waals surface area contributed by atoms with Gasteiger partial charge in [0.1, 0.15) is 0 Å². The number of thiazole rings is 1. The van der Waals surface area contributed by atoms with Crippen LogP contribution in [0.15, 0.2) is 67.3 Å². The summed E-state index contributed by atoms with van der Waals surface area (Å²) in [5.74, 6) is -0.157. The molecular weight excluding hydrogens is 308 g/mol. The first kappa shape index (κ1) is 13.7. The van der Waals surface area contributed by atoms with Crippen LogP contribution >= 0.6 is 11.3 Å². The summed E-state index contributed by atoms with van der Waals surface area (Å²) in [4.78, 5) is 20.9. The van der Waals surface area contributed by atoms with Gasteiger partial charge in [-0.15, -0.1) is 0 Å². The Morgan fingerprint density at radius 3 is 2.78 bits per heavy atom. The fourth-order valence-electron chi connectivity index (χ4n) is 2.27. The van der Waals surface area contributed by atoms with Crippen LogP contribution in [-0.4, -0.2) is 20.4 Å². The maximum Gasteiger partial charge on any atom is 0.255 e. The molecule has 4 rings (SSSR count).